The molecule has 0 aromatic heterocycles. The number of Topliss-reactive ketones (excluding diaryl/α,β-unsaturated/α-hetero) is 1. The molecule has 0 radical (unpaired) electrons. The van der Waals surface area contributed by atoms with Crippen LogP contribution in [-0.4, -0.2) is 25.4 Å². The Bertz CT molecular complexity index is 1070. The molecule has 1 heterocycles. The summed E-state index contributed by atoms with van der Waals surface area (Å²) in [4.78, 5) is 27.4. The highest BCUT2D eigenvalue weighted by molar-refractivity contribution is 6.06. The predicted molar refractivity (Wildman–Crippen MR) is 111 cm³/mol. The summed E-state index contributed by atoms with van der Waals surface area (Å²) in [5, 5.41) is 2.23. The number of hydrogen-bond donors (Lipinski definition) is 0. The molecule has 0 aliphatic carbocycles. The molecule has 0 bridgehead atoms. The van der Waals surface area contributed by atoms with Crippen molar-refractivity contribution >= 4 is 28.2 Å². The van der Waals surface area contributed by atoms with Gasteiger partial charge >= 0.3 is 5.97 Å². The largest absolute Gasteiger partial charge is 0.465 e. The smallest absolute Gasteiger partial charge is 0.318 e. The van der Waals surface area contributed by atoms with E-state index in [0.29, 0.717) is 0 Å². The number of carbonyl (C=O) groups excluding carboxylic acids is 2. The van der Waals surface area contributed by atoms with Crippen LogP contribution in [-0.2, 0) is 14.3 Å². The number of benzene rings is 3. The van der Waals surface area contributed by atoms with Gasteiger partial charge in [-0.3, -0.25) is 9.59 Å². The minimum absolute atomic E-state index is 0.186. The summed E-state index contributed by atoms with van der Waals surface area (Å²) in [6.07, 6.45) is 0. The van der Waals surface area contributed by atoms with Crippen molar-refractivity contribution in [3.8, 4) is 11.1 Å². The average Bonchev–Trinajstić information content (AvgIpc) is 2.70. The lowest BCUT2D eigenvalue weighted by Crippen LogP contribution is -2.41. The zero-order valence-corrected chi connectivity index (χ0v) is 16.3. The predicted octanol–water partition coefficient (Wildman–Crippen LogP) is 4.77. The maximum absolute atomic E-state index is 12.7. The van der Waals surface area contributed by atoms with Gasteiger partial charge in [-0.1, -0.05) is 60.7 Å². The van der Waals surface area contributed by atoms with E-state index in [2.05, 4.69) is 35.2 Å². The summed E-state index contributed by atoms with van der Waals surface area (Å²) in [7, 11) is 1.96. The Morgan fingerprint density at radius 1 is 1.00 bits per heavy atom. The number of anilines is 1. The van der Waals surface area contributed by atoms with Crippen LogP contribution in [0.1, 0.15) is 25.5 Å². The van der Waals surface area contributed by atoms with Gasteiger partial charge in [0.05, 0.1) is 18.3 Å². The normalized spacial score (nSPS) is 16.2. The van der Waals surface area contributed by atoms with Crippen LogP contribution in [0, 0.1) is 5.92 Å². The van der Waals surface area contributed by atoms with Gasteiger partial charge in [0.2, 0.25) is 0 Å². The molecule has 3 aromatic rings. The second kappa shape index (κ2) is 7.12. The van der Waals surface area contributed by atoms with Gasteiger partial charge < -0.3 is 9.64 Å². The summed E-state index contributed by atoms with van der Waals surface area (Å²) in [6.45, 7) is 3.48. The van der Waals surface area contributed by atoms with Crippen molar-refractivity contribution in [3.05, 3.63) is 66.2 Å². The first-order chi connectivity index (χ1) is 13.5. The van der Waals surface area contributed by atoms with Crippen LogP contribution in [0.3, 0.4) is 0 Å². The first-order valence-corrected chi connectivity index (χ1v) is 9.55. The summed E-state index contributed by atoms with van der Waals surface area (Å²) in [5.74, 6) is -1.53. The van der Waals surface area contributed by atoms with Gasteiger partial charge in [-0.05, 0) is 30.4 Å². The third kappa shape index (κ3) is 2.76. The maximum atomic E-state index is 12.7. The monoisotopic (exact) mass is 373 g/mol. The lowest BCUT2D eigenvalue weighted by molar-refractivity contribution is -0.152. The number of hydrogen-bond acceptors (Lipinski definition) is 4. The van der Waals surface area contributed by atoms with E-state index in [1.165, 1.54) is 6.92 Å². The van der Waals surface area contributed by atoms with Crippen molar-refractivity contribution in [1.82, 2.24) is 0 Å². The van der Waals surface area contributed by atoms with E-state index in [0.717, 1.165) is 33.2 Å². The van der Waals surface area contributed by atoms with Crippen molar-refractivity contribution in [3.63, 3.8) is 0 Å². The minimum atomic E-state index is -0.877. The molecule has 2 atom stereocenters. The quantitative estimate of drug-likeness (QED) is 0.488. The highest BCUT2D eigenvalue weighted by Crippen LogP contribution is 2.49. The molecule has 4 rings (SSSR count). The molecule has 4 nitrogen and oxygen atoms in total. The van der Waals surface area contributed by atoms with Crippen LogP contribution in [0.25, 0.3) is 21.9 Å². The number of ether oxygens (including phenoxy) is 1. The topological polar surface area (TPSA) is 46.6 Å². The van der Waals surface area contributed by atoms with Gasteiger partial charge in [0.15, 0.2) is 0 Å². The Kier molecular flexibility index (Phi) is 4.63. The Balaban J connectivity index is 1.99. The van der Waals surface area contributed by atoms with Crippen molar-refractivity contribution in [2.45, 2.75) is 19.9 Å². The van der Waals surface area contributed by atoms with Crippen LogP contribution >= 0.6 is 0 Å². The highest BCUT2D eigenvalue weighted by atomic mass is 16.5. The van der Waals surface area contributed by atoms with Gasteiger partial charge in [-0.25, -0.2) is 0 Å². The number of nitrogens with zero attached hydrogens (tertiary/aromatic N) is 1. The van der Waals surface area contributed by atoms with Gasteiger partial charge in [0.25, 0.3) is 0 Å². The Morgan fingerprint density at radius 3 is 2.46 bits per heavy atom. The molecule has 0 amide bonds. The molecule has 1 aliphatic rings. The van der Waals surface area contributed by atoms with E-state index >= 15 is 0 Å². The maximum Gasteiger partial charge on any atom is 0.318 e. The highest BCUT2D eigenvalue weighted by Gasteiger charge is 2.41. The van der Waals surface area contributed by atoms with Crippen molar-refractivity contribution < 1.29 is 14.3 Å². The fourth-order valence-electron chi connectivity index (χ4n) is 4.35. The molecule has 3 aromatic carbocycles. The van der Waals surface area contributed by atoms with Crippen LogP contribution in [0.5, 0.6) is 0 Å². The van der Waals surface area contributed by atoms with Gasteiger partial charge in [-0.2, -0.15) is 0 Å². The Labute approximate surface area is 164 Å². The Hall–Kier alpha value is -3.14. The summed E-state index contributed by atoms with van der Waals surface area (Å²) in [6, 6.07) is 20.0. The molecule has 0 saturated heterocycles. The number of fused-ring (bicyclic) bond motifs is 5. The summed E-state index contributed by atoms with van der Waals surface area (Å²) < 4.78 is 5.27. The van der Waals surface area contributed by atoms with Gasteiger partial charge in [-0.15, -0.1) is 0 Å². The van der Waals surface area contributed by atoms with E-state index < -0.39 is 17.9 Å². The second-order valence-corrected chi connectivity index (χ2v) is 7.17. The summed E-state index contributed by atoms with van der Waals surface area (Å²) in [5.41, 5.74) is 4.18. The van der Waals surface area contributed by atoms with E-state index in [1.54, 1.807) is 6.92 Å². The molecule has 4 heteroatoms. The number of esters is 1. The number of carbonyl (C=O) groups is 2. The van der Waals surface area contributed by atoms with Crippen molar-refractivity contribution in [1.29, 1.82) is 0 Å². The van der Waals surface area contributed by atoms with Crippen LogP contribution in [0.2, 0.25) is 0 Å². The fourth-order valence-corrected chi connectivity index (χ4v) is 4.35. The molecule has 0 spiro atoms. The van der Waals surface area contributed by atoms with Crippen LogP contribution in [0.15, 0.2) is 60.7 Å². The number of rotatable bonds is 4. The first-order valence-electron chi connectivity index (χ1n) is 9.55. The zero-order chi connectivity index (χ0) is 19.8. The third-order valence-corrected chi connectivity index (χ3v) is 5.53. The molecule has 0 fully saturated rings. The third-order valence-electron chi connectivity index (χ3n) is 5.53. The van der Waals surface area contributed by atoms with Gasteiger partial charge in [0.1, 0.15) is 11.7 Å². The van der Waals surface area contributed by atoms with E-state index in [1.807, 2.05) is 37.4 Å². The fraction of sp³-hybridized carbons (Fsp3) is 0.250. The summed E-state index contributed by atoms with van der Waals surface area (Å²) >= 11 is 0. The second-order valence-electron chi connectivity index (χ2n) is 7.17. The molecule has 2 unspecified atom stereocenters. The van der Waals surface area contributed by atoms with E-state index in [4.69, 9.17) is 4.74 Å². The first kappa shape index (κ1) is 18.2. The molecule has 28 heavy (non-hydrogen) atoms. The molecule has 0 saturated carbocycles. The van der Waals surface area contributed by atoms with Crippen LogP contribution in [0.4, 0.5) is 5.69 Å². The molecular formula is C24H23NO3. The van der Waals surface area contributed by atoms with Gasteiger partial charge in [0, 0.05) is 18.0 Å². The molecular weight excluding hydrogens is 350 g/mol. The van der Waals surface area contributed by atoms with Crippen molar-refractivity contribution in [2.75, 3.05) is 18.6 Å². The molecule has 1 aliphatic heterocycles. The van der Waals surface area contributed by atoms with E-state index in [-0.39, 0.29) is 12.4 Å². The van der Waals surface area contributed by atoms with E-state index in [9.17, 15) is 9.59 Å². The number of ketones is 1. The van der Waals surface area contributed by atoms with Crippen molar-refractivity contribution in [2.24, 2.45) is 5.92 Å². The van der Waals surface area contributed by atoms with Crippen LogP contribution < -0.4 is 4.90 Å². The zero-order valence-electron chi connectivity index (χ0n) is 16.3. The molecule has 0 N–H and O–H groups in total. The lowest BCUT2D eigenvalue weighted by atomic mass is 9.80. The molecule has 142 valence electrons. The Morgan fingerprint density at radius 2 is 1.71 bits per heavy atom. The standard InChI is InChI=1S/C24H23NO3/c1-4-28-24(27)21(15(2)26)23-19-12-8-7-11-18(19)20-14-13-16-9-5-6-10-17(16)22(20)25(23)3/h5-14,21,23H,4H2,1-3H3. The minimum Gasteiger partial charge on any atom is -0.465 e. The lowest BCUT2D eigenvalue weighted by Gasteiger charge is -2.41. The average molecular weight is 373 g/mol. The SMILES string of the molecule is CCOC(=O)C(C(C)=O)C1c2ccccc2-c2ccc3ccccc3c2N1C.